The summed E-state index contributed by atoms with van der Waals surface area (Å²) in [5.74, 6) is -2.24. The largest absolute Gasteiger partial charge is 0.744 e. The molecule has 174 valence electrons. The number of anilines is 1. The number of ketones is 1. The maximum Gasteiger partial charge on any atom is 0.336 e. The molecule has 0 atom stereocenters. The monoisotopic (exact) mass is 479 g/mol. The van der Waals surface area contributed by atoms with Gasteiger partial charge in [-0.3, -0.25) is 10.2 Å². The lowest BCUT2D eigenvalue weighted by Crippen LogP contribution is -2.16. The van der Waals surface area contributed by atoms with E-state index in [1.54, 1.807) is 26.0 Å². The lowest BCUT2D eigenvalue weighted by molar-refractivity contribution is 0.0697. The Morgan fingerprint density at radius 2 is 1.76 bits per heavy atom. The normalized spacial score (nSPS) is 11.9. The Hall–Kier alpha value is -4.02. The third-order valence-corrected chi connectivity index (χ3v) is 6.35. The number of hydrogen-bond donors (Lipinski definition) is 3. The van der Waals surface area contributed by atoms with Gasteiger partial charge in [0.05, 0.1) is 10.9 Å². The Bertz CT molecular complexity index is 1640. The molecule has 0 unspecified atom stereocenters. The van der Waals surface area contributed by atoms with Crippen LogP contribution in [0.5, 0.6) is 0 Å². The van der Waals surface area contributed by atoms with Crippen LogP contribution in [0, 0.1) is 11.3 Å². The molecule has 0 saturated carbocycles. The van der Waals surface area contributed by atoms with Gasteiger partial charge in [0.1, 0.15) is 20.6 Å². The van der Waals surface area contributed by atoms with Crippen molar-refractivity contribution in [3.05, 3.63) is 65.0 Å². The van der Waals surface area contributed by atoms with Gasteiger partial charge in [0.25, 0.3) is 0 Å². The lowest BCUT2D eigenvalue weighted by atomic mass is 9.88. The molecule has 1 aliphatic heterocycles. The first-order valence-electron chi connectivity index (χ1n) is 10.1. The molecule has 4 N–H and O–H groups in total. The van der Waals surface area contributed by atoms with Crippen LogP contribution in [-0.4, -0.2) is 29.8 Å². The molecule has 1 aliphatic carbocycles. The number of carbonyl (C=O) groups excluding carboxylic acids is 1. The predicted molar refractivity (Wildman–Crippen MR) is 123 cm³/mol. The fourth-order valence-electron chi connectivity index (χ4n) is 3.91. The molecule has 10 heteroatoms. The second-order valence-electron chi connectivity index (χ2n) is 8.09. The van der Waals surface area contributed by atoms with E-state index in [9.17, 15) is 27.7 Å². The summed E-state index contributed by atoms with van der Waals surface area (Å²) in [5.41, 5.74) is 6.80. The summed E-state index contributed by atoms with van der Waals surface area (Å²) < 4.78 is 41.8. The van der Waals surface area contributed by atoms with Crippen molar-refractivity contribution in [1.82, 2.24) is 0 Å². The summed E-state index contributed by atoms with van der Waals surface area (Å²) in [6.07, 6.45) is 0. The highest BCUT2D eigenvalue weighted by molar-refractivity contribution is 7.85. The number of nitrogens with one attached hydrogen (secondary N) is 1. The number of carboxylic acid groups (broad SMARTS) is 1. The quantitative estimate of drug-likeness (QED) is 0.168. The van der Waals surface area contributed by atoms with Gasteiger partial charge in [-0.1, -0.05) is 19.9 Å². The first kappa shape index (κ1) is 23.1. The number of hydrogen-bond acceptors (Lipinski definition) is 8. The van der Waals surface area contributed by atoms with E-state index in [-0.39, 0.29) is 50.8 Å². The Morgan fingerprint density at radius 3 is 2.38 bits per heavy atom. The van der Waals surface area contributed by atoms with Crippen LogP contribution < -0.4 is 11.1 Å². The van der Waals surface area contributed by atoms with Crippen molar-refractivity contribution in [2.24, 2.45) is 5.92 Å². The van der Waals surface area contributed by atoms with Gasteiger partial charge in [0.2, 0.25) is 0 Å². The van der Waals surface area contributed by atoms with Crippen molar-refractivity contribution in [2.75, 3.05) is 5.73 Å². The van der Waals surface area contributed by atoms with Gasteiger partial charge in [-0.15, -0.1) is 0 Å². The van der Waals surface area contributed by atoms with Crippen molar-refractivity contribution < 1.29 is 32.1 Å². The summed E-state index contributed by atoms with van der Waals surface area (Å²) in [7, 11) is -5.13. The fourth-order valence-corrected chi connectivity index (χ4v) is 4.62. The van der Waals surface area contributed by atoms with Crippen molar-refractivity contribution >= 4 is 38.5 Å². The number of carbonyl (C=O) groups is 2. The minimum absolute atomic E-state index is 0.0786. The van der Waals surface area contributed by atoms with Gasteiger partial charge < -0.3 is 19.8 Å². The molecule has 0 saturated heterocycles. The number of nitrogens with two attached hydrogens (primary N) is 1. The molecule has 0 aromatic heterocycles. The maximum atomic E-state index is 12.7. The minimum Gasteiger partial charge on any atom is -0.744 e. The molecule has 2 aliphatic rings. The molecule has 0 bridgehead atoms. The summed E-state index contributed by atoms with van der Waals surface area (Å²) in [5, 5.41) is 17.7. The second-order valence-corrected chi connectivity index (χ2v) is 9.41. The van der Waals surface area contributed by atoms with E-state index in [1.807, 2.05) is 0 Å². The van der Waals surface area contributed by atoms with Gasteiger partial charge in [0.15, 0.2) is 11.5 Å². The molecule has 0 amide bonds. The molecule has 9 nitrogen and oxygen atoms in total. The van der Waals surface area contributed by atoms with E-state index < -0.39 is 32.1 Å². The molecule has 4 rings (SSSR count). The van der Waals surface area contributed by atoms with E-state index in [0.29, 0.717) is 5.39 Å². The van der Waals surface area contributed by atoms with Crippen LogP contribution in [0.25, 0.3) is 33.4 Å². The molecular formula is C24H19N2O7S-. The topological polar surface area (TPSA) is 175 Å². The van der Waals surface area contributed by atoms with Gasteiger partial charge in [-0.05, 0) is 42.0 Å². The number of nitrogen functional groups attached to an aromatic ring is 1. The zero-order valence-electron chi connectivity index (χ0n) is 18.1. The molecule has 0 spiro atoms. The summed E-state index contributed by atoms with van der Waals surface area (Å²) in [6.45, 7) is 3.42. The van der Waals surface area contributed by atoms with Gasteiger partial charge in [0, 0.05) is 39.7 Å². The Balaban J connectivity index is 2.25. The molecule has 2 aromatic rings. The first-order chi connectivity index (χ1) is 15.9. The standard InChI is InChI=1S/C24H20N2O7S/c1-11(2)21(27)12-3-5-14(24(28)29)17(9-12)20-15-6-4-13(25)10-19(15)33-22-16(20)7-8-18(26)23(22)34(30,31)32/h3-11,26H,25H2,1-2H3,(H,28,29)(H,30,31,32)/p-1. The van der Waals surface area contributed by atoms with E-state index in [4.69, 9.17) is 15.6 Å². The highest BCUT2D eigenvalue weighted by atomic mass is 32.2. The van der Waals surface area contributed by atoms with E-state index in [0.717, 1.165) is 6.07 Å². The number of benzene rings is 3. The Morgan fingerprint density at radius 1 is 1.06 bits per heavy atom. The molecule has 34 heavy (non-hydrogen) atoms. The Kier molecular flexibility index (Phi) is 5.50. The molecule has 0 radical (unpaired) electrons. The molecule has 2 aromatic carbocycles. The fraction of sp³-hybridized carbons (Fsp3) is 0.125. The van der Waals surface area contributed by atoms with Crippen molar-refractivity contribution in [1.29, 1.82) is 5.41 Å². The van der Waals surface area contributed by atoms with Crippen molar-refractivity contribution in [3.63, 3.8) is 0 Å². The number of aromatic carboxylic acids is 1. The predicted octanol–water partition coefficient (Wildman–Crippen LogP) is 3.71. The van der Waals surface area contributed by atoms with Gasteiger partial charge in [-0.25, -0.2) is 13.2 Å². The SMILES string of the molecule is CC(C)C(=O)c1ccc(C(=O)O)c(-c2c3ccc(=N)c(S(=O)(=O)[O-])c-3oc3cc(N)ccc23)c1. The third-order valence-electron chi connectivity index (χ3n) is 5.45. The molecule has 1 heterocycles. The van der Waals surface area contributed by atoms with Crippen LogP contribution in [0.3, 0.4) is 0 Å². The Labute approximate surface area is 194 Å². The van der Waals surface area contributed by atoms with Crippen LogP contribution in [0.15, 0.2) is 57.8 Å². The summed E-state index contributed by atoms with van der Waals surface area (Å²) in [4.78, 5) is 23.9. The van der Waals surface area contributed by atoms with E-state index in [2.05, 4.69) is 0 Å². The number of rotatable bonds is 5. The molecule has 0 fully saturated rings. The number of Topliss-reactive ketones (excluding diaryl/α,β-unsaturated/α-hetero) is 1. The van der Waals surface area contributed by atoms with Gasteiger partial charge in [-0.2, -0.15) is 0 Å². The van der Waals surface area contributed by atoms with Crippen molar-refractivity contribution in [3.8, 4) is 22.5 Å². The average molecular weight is 479 g/mol. The number of fused-ring (bicyclic) bond motifs is 2. The zero-order valence-corrected chi connectivity index (χ0v) is 18.9. The van der Waals surface area contributed by atoms with Gasteiger partial charge >= 0.3 is 5.97 Å². The van der Waals surface area contributed by atoms with E-state index >= 15 is 0 Å². The first-order valence-corrected chi connectivity index (χ1v) is 11.5. The average Bonchev–Trinajstić information content (AvgIpc) is 2.75. The second kappa shape index (κ2) is 8.08. The zero-order chi connectivity index (χ0) is 24.9. The highest BCUT2D eigenvalue weighted by Crippen LogP contribution is 2.43. The van der Waals surface area contributed by atoms with Crippen LogP contribution >= 0.6 is 0 Å². The lowest BCUT2D eigenvalue weighted by Gasteiger charge is -2.21. The van der Waals surface area contributed by atoms with E-state index in [1.165, 1.54) is 30.3 Å². The van der Waals surface area contributed by atoms with Crippen LogP contribution in [0.4, 0.5) is 5.69 Å². The maximum absolute atomic E-state index is 12.7. The summed E-state index contributed by atoms with van der Waals surface area (Å²) >= 11 is 0. The highest BCUT2D eigenvalue weighted by Gasteiger charge is 2.27. The summed E-state index contributed by atoms with van der Waals surface area (Å²) in [6, 6.07) is 11.2. The van der Waals surface area contributed by atoms with Crippen molar-refractivity contribution in [2.45, 2.75) is 18.7 Å². The van der Waals surface area contributed by atoms with Crippen LogP contribution in [0.2, 0.25) is 0 Å². The smallest absolute Gasteiger partial charge is 0.336 e. The molecular weight excluding hydrogens is 460 g/mol. The van der Waals surface area contributed by atoms with Crippen LogP contribution in [0.1, 0.15) is 34.6 Å². The minimum atomic E-state index is -5.13. The van der Waals surface area contributed by atoms with Crippen LogP contribution in [-0.2, 0) is 10.1 Å². The number of carboxylic acids is 1. The third kappa shape index (κ3) is 3.82.